The minimum atomic E-state index is -0.0184. The van der Waals surface area contributed by atoms with E-state index in [-0.39, 0.29) is 18.6 Å². The predicted octanol–water partition coefficient (Wildman–Crippen LogP) is 3.81. The van der Waals surface area contributed by atoms with Crippen LogP contribution in [-0.4, -0.2) is 54.8 Å². The monoisotopic (exact) mass is 414 g/mol. The van der Waals surface area contributed by atoms with E-state index >= 15 is 0 Å². The van der Waals surface area contributed by atoms with Gasteiger partial charge in [0, 0.05) is 31.7 Å². The molecule has 3 aromatic rings. The Hall–Kier alpha value is -3.44. The SMILES string of the molecule is O=Cc1ccc(OCC(=O)N2CCN(C(c3ccccc3)c3ccccc3)CC2)cc1. The van der Waals surface area contributed by atoms with Gasteiger partial charge < -0.3 is 9.64 Å². The van der Waals surface area contributed by atoms with Crippen LogP contribution in [0.3, 0.4) is 0 Å². The molecule has 0 atom stereocenters. The molecule has 1 aliphatic heterocycles. The van der Waals surface area contributed by atoms with Gasteiger partial charge in [-0.2, -0.15) is 0 Å². The van der Waals surface area contributed by atoms with Gasteiger partial charge in [-0.25, -0.2) is 0 Å². The number of amides is 1. The summed E-state index contributed by atoms with van der Waals surface area (Å²) in [5.41, 5.74) is 3.10. The van der Waals surface area contributed by atoms with E-state index in [9.17, 15) is 9.59 Å². The molecule has 0 aromatic heterocycles. The van der Waals surface area contributed by atoms with Crippen LogP contribution in [0.4, 0.5) is 0 Å². The lowest BCUT2D eigenvalue weighted by Gasteiger charge is -2.39. The van der Waals surface area contributed by atoms with Gasteiger partial charge in [0.1, 0.15) is 12.0 Å². The van der Waals surface area contributed by atoms with Crippen molar-refractivity contribution < 1.29 is 14.3 Å². The molecule has 31 heavy (non-hydrogen) atoms. The molecule has 0 radical (unpaired) electrons. The number of rotatable bonds is 7. The second-order valence-electron chi connectivity index (χ2n) is 7.62. The first kappa shape index (κ1) is 20.8. The Morgan fingerprint density at radius 1 is 0.806 bits per heavy atom. The second-order valence-corrected chi connectivity index (χ2v) is 7.62. The summed E-state index contributed by atoms with van der Waals surface area (Å²) in [4.78, 5) is 27.7. The van der Waals surface area contributed by atoms with E-state index in [2.05, 4.69) is 53.4 Å². The van der Waals surface area contributed by atoms with Crippen LogP contribution in [0.1, 0.15) is 27.5 Å². The van der Waals surface area contributed by atoms with Crippen LogP contribution in [0, 0.1) is 0 Å². The van der Waals surface area contributed by atoms with Crippen molar-refractivity contribution in [2.45, 2.75) is 6.04 Å². The van der Waals surface area contributed by atoms with E-state index in [1.165, 1.54) is 11.1 Å². The smallest absolute Gasteiger partial charge is 0.260 e. The zero-order chi connectivity index (χ0) is 21.5. The number of aldehydes is 1. The zero-order valence-corrected chi connectivity index (χ0v) is 17.4. The van der Waals surface area contributed by atoms with E-state index in [0.717, 1.165) is 19.4 Å². The Bertz CT molecular complexity index is 943. The number of piperazine rings is 1. The Labute approximate surface area is 182 Å². The van der Waals surface area contributed by atoms with Crippen molar-refractivity contribution in [3.05, 3.63) is 102 Å². The highest BCUT2D eigenvalue weighted by atomic mass is 16.5. The van der Waals surface area contributed by atoms with Crippen LogP contribution in [-0.2, 0) is 4.79 Å². The molecule has 5 heteroatoms. The molecule has 0 saturated carbocycles. The summed E-state index contributed by atoms with van der Waals surface area (Å²) in [6.07, 6.45) is 0.784. The maximum absolute atomic E-state index is 12.6. The fourth-order valence-electron chi connectivity index (χ4n) is 3.99. The van der Waals surface area contributed by atoms with Crippen molar-refractivity contribution in [2.75, 3.05) is 32.8 Å². The summed E-state index contributed by atoms with van der Waals surface area (Å²) in [6.45, 7) is 2.94. The molecule has 1 aliphatic rings. The van der Waals surface area contributed by atoms with Gasteiger partial charge in [0.15, 0.2) is 6.61 Å². The normalized spacial score (nSPS) is 14.4. The molecular weight excluding hydrogens is 388 g/mol. The lowest BCUT2D eigenvalue weighted by Crippen LogP contribution is -2.51. The molecular formula is C26H26N2O3. The average Bonchev–Trinajstić information content (AvgIpc) is 2.85. The molecule has 3 aromatic carbocycles. The van der Waals surface area contributed by atoms with Crippen LogP contribution >= 0.6 is 0 Å². The Morgan fingerprint density at radius 3 is 1.87 bits per heavy atom. The summed E-state index contributed by atoms with van der Waals surface area (Å²) in [6, 6.07) is 28.0. The number of hydrogen-bond acceptors (Lipinski definition) is 4. The Morgan fingerprint density at radius 2 is 1.35 bits per heavy atom. The first-order valence-electron chi connectivity index (χ1n) is 10.5. The van der Waals surface area contributed by atoms with E-state index < -0.39 is 0 Å². The zero-order valence-electron chi connectivity index (χ0n) is 17.4. The van der Waals surface area contributed by atoms with E-state index in [0.29, 0.717) is 24.4 Å². The molecule has 0 N–H and O–H groups in total. The first-order chi connectivity index (χ1) is 15.2. The van der Waals surface area contributed by atoms with Crippen molar-refractivity contribution in [3.8, 4) is 5.75 Å². The van der Waals surface area contributed by atoms with Crippen LogP contribution in [0.15, 0.2) is 84.9 Å². The van der Waals surface area contributed by atoms with Crippen LogP contribution in [0.5, 0.6) is 5.75 Å². The molecule has 5 nitrogen and oxygen atoms in total. The van der Waals surface area contributed by atoms with Crippen molar-refractivity contribution >= 4 is 12.2 Å². The minimum Gasteiger partial charge on any atom is -0.484 e. The molecule has 158 valence electrons. The topological polar surface area (TPSA) is 49.9 Å². The number of benzene rings is 3. The van der Waals surface area contributed by atoms with Crippen molar-refractivity contribution in [3.63, 3.8) is 0 Å². The van der Waals surface area contributed by atoms with E-state index in [1.54, 1.807) is 24.3 Å². The third kappa shape index (κ3) is 5.19. The van der Waals surface area contributed by atoms with Crippen LogP contribution < -0.4 is 4.74 Å². The lowest BCUT2D eigenvalue weighted by molar-refractivity contribution is -0.135. The van der Waals surface area contributed by atoms with Gasteiger partial charge in [-0.3, -0.25) is 14.5 Å². The Balaban J connectivity index is 1.37. The van der Waals surface area contributed by atoms with Crippen molar-refractivity contribution in [1.82, 2.24) is 9.80 Å². The highest BCUT2D eigenvalue weighted by Gasteiger charge is 2.28. The second kappa shape index (κ2) is 10.0. The molecule has 0 aliphatic carbocycles. The van der Waals surface area contributed by atoms with E-state index in [4.69, 9.17) is 4.74 Å². The predicted molar refractivity (Wildman–Crippen MR) is 120 cm³/mol. The van der Waals surface area contributed by atoms with Gasteiger partial charge in [-0.15, -0.1) is 0 Å². The molecule has 0 spiro atoms. The maximum atomic E-state index is 12.6. The minimum absolute atomic E-state index is 0.00123. The van der Waals surface area contributed by atoms with Gasteiger partial charge in [-0.05, 0) is 35.4 Å². The highest BCUT2D eigenvalue weighted by molar-refractivity contribution is 5.78. The third-order valence-electron chi connectivity index (χ3n) is 5.64. The van der Waals surface area contributed by atoms with Crippen LogP contribution in [0.25, 0.3) is 0 Å². The van der Waals surface area contributed by atoms with Gasteiger partial charge in [0.25, 0.3) is 5.91 Å². The number of carbonyl (C=O) groups is 2. The van der Waals surface area contributed by atoms with Gasteiger partial charge in [0.2, 0.25) is 0 Å². The largest absolute Gasteiger partial charge is 0.484 e. The summed E-state index contributed by atoms with van der Waals surface area (Å²) >= 11 is 0. The van der Waals surface area contributed by atoms with Gasteiger partial charge in [0.05, 0.1) is 6.04 Å². The molecule has 1 saturated heterocycles. The number of nitrogens with zero attached hydrogens (tertiary/aromatic N) is 2. The number of carbonyl (C=O) groups excluding carboxylic acids is 2. The third-order valence-corrected chi connectivity index (χ3v) is 5.64. The molecule has 4 rings (SSSR count). The van der Waals surface area contributed by atoms with E-state index in [1.807, 2.05) is 17.0 Å². The highest BCUT2D eigenvalue weighted by Crippen LogP contribution is 2.29. The quantitative estimate of drug-likeness (QED) is 0.552. The summed E-state index contributed by atoms with van der Waals surface area (Å²) in [5.74, 6) is 0.570. The molecule has 0 bridgehead atoms. The van der Waals surface area contributed by atoms with Crippen LogP contribution in [0.2, 0.25) is 0 Å². The standard InChI is InChI=1S/C26H26N2O3/c29-19-21-11-13-24(14-12-21)31-20-25(30)27-15-17-28(18-16-27)26(22-7-3-1-4-8-22)23-9-5-2-6-10-23/h1-14,19,26H,15-18,20H2. The summed E-state index contributed by atoms with van der Waals surface area (Å²) in [7, 11) is 0. The lowest BCUT2D eigenvalue weighted by atomic mass is 9.96. The fourth-order valence-corrected chi connectivity index (χ4v) is 3.99. The number of hydrogen-bond donors (Lipinski definition) is 0. The molecule has 1 fully saturated rings. The molecule has 0 unspecified atom stereocenters. The number of ether oxygens (including phenoxy) is 1. The van der Waals surface area contributed by atoms with Crippen molar-refractivity contribution in [2.24, 2.45) is 0 Å². The molecule has 1 heterocycles. The summed E-state index contributed by atoms with van der Waals surface area (Å²) in [5, 5.41) is 0. The first-order valence-corrected chi connectivity index (χ1v) is 10.5. The summed E-state index contributed by atoms with van der Waals surface area (Å²) < 4.78 is 5.61. The van der Waals surface area contributed by atoms with Gasteiger partial charge >= 0.3 is 0 Å². The van der Waals surface area contributed by atoms with Gasteiger partial charge in [-0.1, -0.05) is 60.7 Å². The Kier molecular flexibility index (Phi) is 6.75. The van der Waals surface area contributed by atoms with Crippen molar-refractivity contribution in [1.29, 1.82) is 0 Å². The fraction of sp³-hybridized carbons (Fsp3) is 0.231. The molecule has 1 amide bonds. The maximum Gasteiger partial charge on any atom is 0.260 e. The average molecular weight is 415 g/mol.